The third kappa shape index (κ3) is 3.20. The van der Waals surface area contributed by atoms with Crippen LogP contribution in [0.4, 0.5) is 11.6 Å². The van der Waals surface area contributed by atoms with Crippen LogP contribution in [0.1, 0.15) is 43.8 Å². The van der Waals surface area contributed by atoms with Gasteiger partial charge in [-0.15, -0.1) is 0 Å². The zero-order valence-electron chi connectivity index (χ0n) is 12.8. The molecule has 1 aliphatic carbocycles. The number of benzene rings is 1. The molecule has 1 aliphatic rings. The van der Waals surface area contributed by atoms with Crippen molar-refractivity contribution >= 4 is 11.6 Å². The van der Waals surface area contributed by atoms with Gasteiger partial charge in [0, 0.05) is 24.0 Å². The number of hydrogen-bond acceptors (Lipinski definition) is 3. The highest BCUT2D eigenvalue weighted by molar-refractivity contribution is 5.56. The summed E-state index contributed by atoms with van der Waals surface area (Å²) in [6.45, 7) is 2.05. The fraction of sp³-hybridized carbons (Fsp3) is 0.471. The highest BCUT2D eigenvalue weighted by Crippen LogP contribution is 2.32. The Balaban J connectivity index is 1.84. The van der Waals surface area contributed by atoms with Gasteiger partial charge in [0.05, 0.1) is 12.8 Å². The van der Waals surface area contributed by atoms with Crippen LogP contribution in [-0.4, -0.2) is 16.7 Å². The van der Waals surface area contributed by atoms with Gasteiger partial charge in [-0.25, -0.2) is 4.98 Å². The van der Waals surface area contributed by atoms with Crippen LogP contribution in [-0.2, 0) is 0 Å². The van der Waals surface area contributed by atoms with Gasteiger partial charge in [0.1, 0.15) is 5.75 Å². The molecule has 21 heavy (non-hydrogen) atoms. The first-order valence-electron chi connectivity index (χ1n) is 7.73. The maximum Gasteiger partial charge on any atom is 0.207 e. The molecule has 1 heterocycles. The molecule has 3 rings (SSSR count). The highest BCUT2D eigenvalue weighted by Gasteiger charge is 2.18. The van der Waals surface area contributed by atoms with Crippen LogP contribution in [0, 0.1) is 6.92 Å². The lowest BCUT2D eigenvalue weighted by molar-refractivity contribution is 0.356. The molecule has 4 nitrogen and oxygen atoms in total. The Morgan fingerprint density at radius 1 is 1.24 bits per heavy atom. The van der Waals surface area contributed by atoms with E-state index in [-0.39, 0.29) is 0 Å². The minimum Gasteiger partial charge on any atom is -0.497 e. The summed E-state index contributed by atoms with van der Waals surface area (Å²) in [4.78, 5) is 4.65. The molecule has 0 spiro atoms. The number of nitrogens with zero attached hydrogens (tertiary/aromatic N) is 2. The quantitative estimate of drug-likeness (QED) is 0.902. The number of hydrogen-bond donors (Lipinski definition) is 1. The SMILES string of the molecule is COc1cccc(Nc2nc(C)cn2C2CCCCC2)c1. The number of anilines is 2. The molecule has 0 saturated heterocycles. The summed E-state index contributed by atoms with van der Waals surface area (Å²) < 4.78 is 7.59. The van der Waals surface area contributed by atoms with Crippen LogP contribution in [0.25, 0.3) is 0 Å². The number of imidazole rings is 1. The summed E-state index contributed by atoms with van der Waals surface area (Å²) >= 11 is 0. The van der Waals surface area contributed by atoms with Gasteiger partial charge < -0.3 is 14.6 Å². The molecule has 1 fully saturated rings. The summed E-state index contributed by atoms with van der Waals surface area (Å²) in [5, 5.41) is 3.44. The van der Waals surface area contributed by atoms with Gasteiger partial charge in [0.15, 0.2) is 0 Å². The Morgan fingerprint density at radius 3 is 2.81 bits per heavy atom. The van der Waals surface area contributed by atoms with Crippen LogP contribution in [0.3, 0.4) is 0 Å². The Kier molecular flexibility index (Phi) is 4.13. The number of ether oxygens (including phenoxy) is 1. The van der Waals surface area contributed by atoms with Crippen molar-refractivity contribution in [2.24, 2.45) is 0 Å². The maximum absolute atomic E-state index is 5.28. The smallest absolute Gasteiger partial charge is 0.207 e. The molecule has 1 aromatic heterocycles. The largest absolute Gasteiger partial charge is 0.497 e. The minimum atomic E-state index is 0.577. The molecular weight excluding hydrogens is 262 g/mol. The van der Waals surface area contributed by atoms with Crippen molar-refractivity contribution in [1.82, 2.24) is 9.55 Å². The zero-order valence-corrected chi connectivity index (χ0v) is 12.8. The Hall–Kier alpha value is -1.97. The molecule has 4 heteroatoms. The second kappa shape index (κ2) is 6.20. The predicted octanol–water partition coefficient (Wildman–Crippen LogP) is 4.45. The molecule has 0 atom stereocenters. The number of rotatable bonds is 4. The average molecular weight is 285 g/mol. The lowest BCUT2D eigenvalue weighted by atomic mass is 9.95. The van der Waals surface area contributed by atoms with E-state index in [1.807, 2.05) is 24.3 Å². The first-order valence-corrected chi connectivity index (χ1v) is 7.73. The fourth-order valence-corrected chi connectivity index (χ4v) is 3.08. The Bertz CT molecular complexity index is 600. The van der Waals surface area contributed by atoms with Gasteiger partial charge in [-0.05, 0) is 31.9 Å². The monoisotopic (exact) mass is 285 g/mol. The van der Waals surface area contributed by atoms with Crippen molar-refractivity contribution < 1.29 is 4.74 Å². The molecule has 1 N–H and O–H groups in total. The molecule has 0 radical (unpaired) electrons. The Labute approximate surface area is 126 Å². The third-order valence-electron chi connectivity index (χ3n) is 4.15. The summed E-state index contributed by atoms with van der Waals surface area (Å²) in [5.74, 6) is 1.79. The highest BCUT2D eigenvalue weighted by atomic mass is 16.5. The van der Waals surface area contributed by atoms with Crippen LogP contribution in [0.15, 0.2) is 30.5 Å². The van der Waals surface area contributed by atoms with Gasteiger partial charge in [-0.2, -0.15) is 0 Å². The summed E-state index contributed by atoms with van der Waals surface area (Å²) in [6.07, 6.45) is 8.67. The molecule has 1 saturated carbocycles. The zero-order chi connectivity index (χ0) is 14.7. The minimum absolute atomic E-state index is 0.577. The van der Waals surface area contributed by atoms with Crippen LogP contribution >= 0.6 is 0 Å². The lowest BCUT2D eigenvalue weighted by Crippen LogP contribution is -2.14. The maximum atomic E-state index is 5.28. The van der Waals surface area contributed by atoms with Crippen molar-refractivity contribution in [3.05, 3.63) is 36.2 Å². The molecule has 1 aromatic carbocycles. The van der Waals surface area contributed by atoms with Crippen LogP contribution < -0.4 is 10.1 Å². The first kappa shape index (κ1) is 14.0. The van der Waals surface area contributed by atoms with Crippen molar-refractivity contribution in [2.45, 2.75) is 45.1 Å². The Morgan fingerprint density at radius 2 is 2.05 bits per heavy atom. The number of aryl methyl sites for hydroxylation is 1. The molecular formula is C17H23N3O. The van der Waals surface area contributed by atoms with E-state index < -0.39 is 0 Å². The van der Waals surface area contributed by atoms with Gasteiger partial charge in [0.2, 0.25) is 5.95 Å². The van der Waals surface area contributed by atoms with E-state index in [9.17, 15) is 0 Å². The van der Waals surface area contributed by atoms with E-state index in [4.69, 9.17) is 4.74 Å². The fourth-order valence-electron chi connectivity index (χ4n) is 3.08. The van der Waals surface area contributed by atoms with Crippen molar-refractivity contribution in [2.75, 3.05) is 12.4 Å². The lowest BCUT2D eigenvalue weighted by Gasteiger charge is -2.24. The summed E-state index contributed by atoms with van der Waals surface area (Å²) in [5.41, 5.74) is 2.07. The topological polar surface area (TPSA) is 39.1 Å². The third-order valence-corrected chi connectivity index (χ3v) is 4.15. The summed E-state index contributed by atoms with van der Waals surface area (Å²) in [7, 11) is 1.69. The number of nitrogens with one attached hydrogen (secondary N) is 1. The molecule has 0 amide bonds. The van der Waals surface area contributed by atoms with Crippen LogP contribution in [0.5, 0.6) is 5.75 Å². The van der Waals surface area contributed by atoms with Gasteiger partial charge in [-0.1, -0.05) is 25.3 Å². The predicted molar refractivity (Wildman–Crippen MR) is 85.4 cm³/mol. The first-order chi connectivity index (χ1) is 10.3. The van der Waals surface area contributed by atoms with E-state index in [1.54, 1.807) is 7.11 Å². The van der Waals surface area contributed by atoms with Crippen molar-refractivity contribution in [3.63, 3.8) is 0 Å². The molecule has 2 aromatic rings. The van der Waals surface area contributed by atoms with Gasteiger partial charge >= 0.3 is 0 Å². The molecule has 112 valence electrons. The van der Waals surface area contributed by atoms with E-state index in [1.165, 1.54) is 32.1 Å². The van der Waals surface area contributed by atoms with Crippen LogP contribution in [0.2, 0.25) is 0 Å². The van der Waals surface area contributed by atoms with E-state index in [0.717, 1.165) is 23.1 Å². The van der Waals surface area contributed by atoms with Gasteiger partial charge in [-0.3, -0.25) is 0 Å². The van der Waals surface area contributed by atoms with E-state index >= 15 is 0 Å². The van der Waals surface area contributed by atoms with E-state index in [0.29, 0.717) is 6.04 Å². The normalized spacial score (nSPS) is 15.9. The average Bonchev–Trinajstić information content (AvgIpc) is 2.89. The molecule has 0 aliphatic heterocycles. The second-order valence-corrected chi connectivity index (χ2v) is 5.76. The number of methoxy groups -OCH3 is 1. The molecule has 0 bridgehead atoms. The van der Waals surface area contributed by atoms with Crippen molar-refractivity contribution in [1.29, 1.82) is 0 Å². The second-order valence-electron chi connectivity index (χ2n) is 5.76. The molecule has 0 unspecified atom stereocenters. The van der Waals surface area contributed by atoms with E-state index in [2.05, 4.69) is 28.0 Å². The standard InChI is InChI=1S/C17H23N3O/c1-13-12-20(15-8-4-3-5-9-15)17(18-13)19-14-7-6-10-16(11-14)21-2/h6-7,10-12,15H,3-5,8-9H2,1-2H3,(H,18,19). The van der Waals surface area contributed by atoms with Crippen molar-refractivity contribution in [3.8, 4) is 5.75 Å². The van der Waals surface area contributed by atoms with Gasteiger partial charge in [0.25, 0.3) is 0 Å². The summed E-state index contributed by atoms with van der Waals surface area (Å²) in [6, 6.07) is 8.55. The number of aromatic nitrogens is 2.